The van der Waals surface area contributed by atoms with Gasteiger partial charge in [0, 0.05) is 67.5 Å². The molecular weight excluding hydrogens is 815 g/mol. The van der Waals surface area contributed by atoms with E-state index in [4.69, 9.17) is 24.1 Å². The normalized spacial score (nSPS) is 16.0. The molecule has 3 N–H and O–H groups in total. The van der Waals surface area contributed by atoms with Crippen molar-refractivity contribution in [1.29, 1.82) is 0 Å². The van der Waals surface area contributed by atoms with Crippen LogP contribution in [-0.2, 0) is 43.9 Å². The fourth-order valence-electron chi connectivity index (χ4n) is 7.48. The number of likely N-dealkylation sites (tertiary alicyclic amines) is 1. The van der Waals surface area contributed by atoms with E-state index in [9.17, 15) is 28.2 Å². The largest absolute Gasteiger partial charge is 0.493 e. The van der Waals surface area contributed by atoms with E-state index in [0.717, 1.165) is 70.5 Å². The topological polar surface area (TPSA) is 194 Å². The van der Waals surface area contributed by atoms with Gasteiger partial charge in [0.25, 0.3) is 0 Å². The number of nitrogens with zero attached hydrogens (tertiary/aromatic N) is 3. The van der Waals surface area contributed by atoms with Gasteiger partial charge in [-0.3, -0.25) is 19.6 Å². The van der Waals surface area contributed by atoms with Gasteiger partial charge in [0.1, 0.15) is 35.9 Å². The van der Waals surface area contributed by atoms with Crippen LogP contribution < -0.4 is 14.2 Å². The van der Waals surface area contributed by atoms with E-state index in [2.05, 4.69) is 33.9 Å². The Morgan fingerprint density at radius 2 is 1.68 bits per heavy atom. The number of esters is 1. The fourth-order valence-corrected chi connectivity index (χ4v) is 8.10. The Labute approximate surface area is 364 Å². The lowest BCUT2D eigenvalue weighted by atomic mass is 9.88. The lowest BCUT2D eigenvalue weighted by molar-refractivity contribution is -0.157. The summed E-state index contributed by atoms with van der Waals surface area (Å²) in [5.41, 5.74) is 6.39. The summed E-state index contributed by atoms with van der Waals surface area (Å²) in [5.74, 6) is 0.144. The molecule has 0 saturated carbocycles. The molecule has 1 aliphatic rings. The summed E-state index contributed by atoms with van der Waals surface area (Å²) < 4.78 is 48.6. The molecule has 0 amide bonds. The maximum absolute atomic E-state index is 12.5. The minimum atomic E-state index is -3.48. The highest BCUT2D eigenvalue weighted by molar-refractivity contribution is 7.90. The molecule has 0 radical (unpaired) electrons. The number of aliphatic hydroxyl groups excluding tert-OH is 2. The first kappa shape index (κ1) is 47.7. The monoisotopic (exact) mass is 873 g/mol. The van der Waals surface area contributed by atoms with Crippen molar-refractivity contribution >= 4 is 28.0 Å². The molecule has 1 aromatic heterocycles. The molecule has 2 heterocycles. The zero-order valence-electron chi connectivity index (χ0n) is 36.3. The van der Waals surface area contributed by atoms with E-state index in [0.29, 0.717) is 36.6 Å². The first-order valence-corrected chi connectivity index (χ1v) is 22.7. The maximum Gasteiger partial charge on any atom is 0.315 e. The number of rotatable bonds is 23. The third kappa shape index (κ3) is 12.6. The number of hydrogen-bond acceptors (Lipinski definition) is 13. The van der Waals surface area contributed by atoms with Gasteiger partial charge in [-0.15, -0.1) is 0 Å². The van der Waals surface area contributed by atoms with Gasteiger partial charge >= 0.3 is 11.9 Å². The van der Waals surface area contributed by atoms with Crippen molar-refractivity contribution in [3.8, 4) is 28.4 Å². The minimum absolute atomic E-state index is 0.0254. The van der Waals surface area contributed by atoms with Gasteiger partial charge in [-0.25, -0.2) is 8.42 Å². The number of pyridine rings is 1. The number of carbonyl (C=O) groups is 2. The van der Waals surface area contributed by atoms with Crippen LogP contribution in [0.25, 0.3) is 11.1 Å². The number of carbonyl (C=O) groups excluding carboxylic acids is 1. The molecule has 1 saturated heterocycles. The number of aliphatic hydroxyl groups is 2. The van der Waals surface area contributed by atoms with Crippen molar-refractivity contribution < 1.29 is 52.3 Å². The number of sulfone groups is 1. The number of aromatic nitrogens is 1. The molecule has 334 valence electrons. The van der Waals surface area contributed by atoms with Gasteiger partial charge in [0.2, 0.25) is 0 Å². The van der Waals surface area contributed by atoms with E-state index in [-0.39, 0.29) is 63.3 Å². The molecule has 14 nitrogen and oxygen atoms in total. The molecule has 0 bridgehead atoms. The van der Waals surface area contributed by atoms with Gasteiger partial charge in [-0.05, 0) is 105 Å². The Morgan fingerprint density at radius 3 is 2.39 bits per heavy atom. The van der Waals surface area contributed by atoms with E-state index in [1.165, 1.54) is 12.3 Å². The highest BCUT2D eigenvalue weighted by Gasteiger charge is 2.45. The third-order valence-corrected chi connectivity index (χ3v) is 12.3. The van der Waals surface area contributed by atoms with Crippen molar-refractivity contribution in [3.63, 3.8) is 0 Å². The molecule has 2 atom stereocenters. The minimum Gasteiger partial charge on any atom is -0.493 e. The molecule has 0 aliphatic carbocycles. The summed E-state index contributed by atoms with van der Waals surface area (Å²) in [6, 6.07) is 17.4. The first-order valence-electron chi connectivity index (χ1n) is 20.8. The third-order valence-electron chi connectivity index (χ3n) is 11.2. The Bertz CT molecular complexity index is 2320. The molecule has 1 aliphatic heterocycles. The zero-order valence-corrected chi connectivity index (χ0v) is 37.1. The summed E-state index contributed by atoms with van der Waals surface area (Å²) in [6.45, 7) is 10.5. The summed E-state index contributed by atoms with van der Waals surface area (Å²) in [5, 5.41) is 28.8. The van der Waals surface area contributed by atoms with Gasteiger partial charge < -0.3 is 39.2 Å². The van der Waals surface area contributed by atoms with Crippen LogP contribution in [-0.4, -0.2) is 104 Å². The van der Waals surface area contributed by atoms with Crippen LogP contribution in [0.15, 0.2) is 76.9 Å². The van der Waals surface area contributed by atoms with E-state index in [1.807, 2.05) is 44.2 Å². The molecule has 1 unspecified atom stereocenters. The number of aliphatic carboxylic acids is 1. The number of aliphatic imine (C=N–C) groups is 1. The highest BCUT2D eigenvalue weighted by atomic mass is 32.2. The lowest BCUT2D eigenvalue weighted by Crippen LogP contribution is -2.39. The average molecular weight is 874 g/mol. The number of carboxylic acids is 1. The highest BCUT2D eigenvalue weighted by Crippen LogP contribution is 2.36. The second-order valence-electron chi connectivity index (χ2n) is 15.9. The fraction of sp³-hybridized carbons (Fsp3) is 0.447. The van der Waals surface area contributed by atoms with Crippen LogP contribution in [0.1, 0.15) is 66.0 Å². The summed E-state index contributed by atoms with van der Waals surface area (Å²) in [6.07, 6.45) is 7.01. The summed E-state index contributed by atoms with van der Waals surface area (Å²) in [7, 11) is -3.48. The van der Waals surface area contributed by atoms with Crippen LogP contribution in [0.5, 0.6) is 17.2 Å². The smallest absolute Gasteiger partial charge is 0.315 e. The van der Waals surface area contributed by atoms with Crippen molar-refractivity contribution in [3.05, 3.63) is 100 Å². The van der Waals surface area contributed by atoms with Crippen LogP contribution in [0.4, 0.5) is 0 Å². The summed E-state index contributed by atoms with van der Waals surface area (Å²) >= 11 is 0. The predicted octanol–water partition coefficient (Wildman–Crippen LogP) is 6.30. The molecule has 62 heavy (non-hydrogen) atoms. The standard InChI is InChI=1S/C47H59N3O11S/c1-6-58-46(55)47(31-52)16-18-50(30-47)17-9-19-59-42-13-8-12-41(34(42)4)40-11-7-10-37(33(40)3)29-61-43-22-44(60-28-36-21-39(26-49-24-36)62(5,56)57)38(20-32(43)2)25-48-23-35(27-51)14-15-45(53)54/h7-8,10-13,20-24,26,35,51-52H,6,9,14-19,25,27-31H2,1-5H3,(H,53,54)/t35-,47?/m0/s1. The molecule has 3 aromatic carbocycles. The Balaban J connectivity index is 1.28. The Hall–Kier alpha value is -5.35. The van der Waals surface area contributed by atoms with Crippen LogP contribution >= 0.6 is 0 Å². The quantitative estimate of drug-likeness (QED) is 0.0428. The molecule has 5 rings (SSSR count). The number of carboxylic acid groups (broad SMARTS) is 1. The predicted molar refractivity (Wildman–Crippen MR) is 236 cm³/mol. The number of ether oxygens (including phenoxy) is 4. The number of hydrogen-bond donors (Lipinski definition) is 3. The van der Waals surface area contributed by atoms with Gasteiger partial charge in [0.15, 0.2) is 9.84 Å². The van der Waals surface area contributed by atoms with Crippen LogP contribution in [0, 0.1) is 32.1 Å². The van der Waals surface area contributed by atoms with E-state index in [1.54, 1.807) is 25.4 Å². The Morgan fingerprint density at radius 1 is 0.935 bits per heavy atom. The van der Waals surface area contributed by atoms with Crippen molar-refractivity contribution in [2.24, 2.45) is 16.3 Å². The maximum atomic E-state index is 12.5. The Kier molecular flexibility index (Phi) is 17.0. The average Bonchev–Trinajstić information content (AvgIpc) is 3.68. The first-order chi connectivity index (χ1) is 29.7. The van der Waals surface area contributed by atoms with Gasteiger partial charge in [-0.2, -0.15) is 0 Å². The van der Waals surface area contributed by atoms with Crippen molar-refractivity contribution in [2.75, 3.05) is 52.3 Å². The van der Waals surface area contributed by atoms with Crippen LogP contribution in [0.2, 0.25) is 0 Å². The van der Waals surface area contributed by atoms with Gasteiger partial charge in [0.05, 0.1) is 37.9 Å². The molecule has 1 fully saturated rings. The number of benzene rings is 3. The van der Waals surface area contributed by atoms with Crippen LogP contribution in [0.3, 0.4) is 0 Å². The van der Waals surface area contributed by atoms with Gasteiger partial charge in [-0.1, -0.05) is 30.3 Å². The van der Waals surface area contributed by atoms with Crippen molar-refractivity contribution in [2.45, 2.75) is 78.0 Å². The van der Waals surface area contributed by atoms with E-state index < -0.39 is 27.1 Å². The van der Waals surface area contributed by atoms with E-state index >= 15 is 0 Å². The SMILES string of the molecule is CCOC(=O)C1(CO)CCN(CCCOc2cccc(-c3cccc(COc4cc(OCc5cncc(S(C)(=O)=O)c5)c(CN=C[C@@H](CO)CCC(=O)O)cc4C)c3C)c2C)C1. The zero-order chi connectivity index (χ0) is 44.9. The number of aryl methyl sites for hydroxylation is 1. The molecule has 15 heteroatoms. The molecule has 0 spiro atoms. The molecule has 4 aromatic rings. The van der Waals surface area contributed by atoms with Crippen molar-refractivity contribution in [1.82, 2.24) is 9.88 Å². The summed E-state index contributed by atoms with van der Waals surface area (Å²) in [4.78, 5) is 34.4. The second kappa shape index (κ2) is 22.1. The second-order valence-corrected chi connectivity index (χ2v) is 17.9. The molecular formula is C47H59N3O11S. The lowest BCUT2D eigenvalue weighted by Gasteiger charge is -2.24.